The van der Waals surface area contributed by atoms with Gasteiger partial charge in [0.05, 0.1) is 12.3 Å². The highest BCUT2D eigenvalue weighted by molar-refractivity contribution is 7.88. The fraction of sp³-hybridized carbons (Fsp3) is 0.222. The van der Waals surface area contributed by atoms with Crippen LogP contribution < -0.4 is 0 Å². The van der Waals surface area contributed by atoms with Gasteiger partial charge in [-0.25, -0.2) is 8.42 Å². The van der Waals surface area contributed by atoms with Gasteiger partial charge in [-0.2, -0.15) is 4.31 Å². The van der Waals surface area contributed by atoms with E-state index in [1.165, 1.54) is 5.52 Å². The van der Waals surface area contributed by atoms with E-state index in [1.807, 2.05) is 12.1 Å². The molecule has 0 N–H and O–H groups in total. The molecule has 0 aliphatic carbocycles. The summed E-state index contributed by atoms with van der Waals surface area (Å²) in [4.78, 5) is 0. The summed E-state index contributed by atoms with van der Waals surface area (Å²) in [6.07, 6.45) is 0. The molecule has 4 nitrogen and oxygen atoms in total. The normalized spacial score (nSPS) is 15.5. The van der Waals surface area contributed by atoms with Crippen molar-refractivity contribution in [3.05, 3.63) is 70.9 Å². The minimum Gasteiger partial charge on any atom is -0.342 e. The number of hydrogen-bond acceptors (Lipinski definition) is 2. The molecule has 0 saturated carbocycles. The van der Waals surface area contributed by atoms with Crippen LogP contribution in [0.5, 0.6) is 0 Å². The Kier molecular flexibility index (Phi) is 3.87. The number of benzene rings is 2. The molecule has 0 radical (unpaired) electrons. The first-order chi connectivity index (χ1) is 11.5. The summed E-state index contributed by atoms with van der Waals surface area (Å²) in [5, 5.41) is 1.77. The van der Waals surface area contributed by atoms with E-state index in [0.717, 1.165) is 16.6 Å². The zero-order chi connectivity index (χ0) is 16.7. The third-order valence-electron chi connectivity index (χ3n) is 4.46. The van der Waals surface area contributed by atoms with Crippen molar-refractivity contribution in [1.29, 1.82) is 0 Å². The third kappa shape index (κ3) is 2.83. The van der Waals surface area contributed by atoms with E-state index >= 15 is 0 Å². The monoisotopic (exact) mass is 360 g/mol. The van der Waals surface area contributed by atoms with E-state index in [9.17, 15) is 8.42 Å². The van der Waals surface area contributed by atoms with Crippen molar-refractivity contribution >= 4 is 32.5 Å². The molecule has 1 aliphatic rings. The highest BCUT2D eigenvalue weighted by Crippen LogP contribution is 2.26. The molecular weight excluding hydrogens is 344 g/mol. The van der Waals surface area contributed by atoms with Crippen LogP contribution >= 0.6 is 11.6 Å². The third-order valence-corrected chi connectivity index (χ3v) is 6.51. The Balaban J connectivity index is 1.60. The summed E-state index contributed by atoms with van der Waals surface area (Å²) in [5.41, 5.74) is 2.97. The van der Waals surface area contributed by atoms with Crippen molar-refractivity contribution in [3.63, 3.8) is 0 Å². The van der Waals surface area contributed by atoms with Crippen LogP contribution in [0.1, 0.15) is 11.3 Å². The maximum atomic E-state index is 12.7. The van der Waals surface area contributed by atoms with Crippen molar-refractivity contribution in [3.8, 4) is 0 Å². The fourth-order valence-electron chi connectivity index (χ4n) is 3.25. The lowest BCUT2D eigenvalue weighted by Crippen LogP contribution is -2.38. The number of fused-ring (bicyclic) bond motifs is 3. The quantitative estimate of drug-likeness (QED) is 0.715. The zero-order valence-electron chi connectivity index (χ0n) is 13.0. The Bertz CT molecular complexity index is 994. The number of nitrogens with zero attached hydrogens (tertiary/aromatic N) is 2. The number of sulfonamides is 1. The Morgan fingerprint density at radius 1 is 1.00 bits per heavy atom. The largest absolute Gasteiger partial charge is 0.342 e. The maximum Gasteiger partial charge on any atom is 0.218 e. The van der Waals surface area contributed by atoms with E-state index in [4.69, 9.17) is 11.6 Å². The highest BCUT2D eigenvalue weighted by atomic mass is 35.5. The van der Waals surface area contributed by atoms with Gasteiger partial charge in [0.15, 0.2) is 0 Å². The summed E-state index contributed by atoms with van der Waals surface area (Å²) in [5.74, 6) is 0.00436. The van der Waals surface area contributed by atoms with Gasteiger partial charge in [0.25, 0.3) is 0 Å². The lowest BCUT2D eigenvalue weighted by molar-refractivity contribution is 0.345. The van der Waals surface area contributed by atoms with Crippen molar-refractivity contribution in [2.75, 3.05) is 6.54 Å². The van der Waals surface area contributed by atoms with Gasteiger partial charge in [0.1, 0.15) is 0 Å². The molecule has 0 spiro atoms. The first-order valence-electron chi connectivity index (χ1n) is 7.82. The maximum absolute atomic E-state index is 12.7. The molecule has 1 aliphatic heterocycles. The fourth-order valence-corrected chi connectivity index (χ4v) is 4.86. The van der Waals surface area contributed by atoms with Gasteiger partial charge < -0.3 is 4.57 Å². The molecule has 0 bridgehead atoms. The van der Waals surface area contributed by atoms with E-state index in [-0.39, 0.29) is 5.75 Å². The van der Waals surface area contributed by atoms with E-state index < -0.39 is 10.0 Å². The second-order valence-corrected chi connectivity index (χ2v) is 8.47. The molecule has 0 fully saturated rings. The van der Waals surface area contributed by atoms with Gasteiger partial charge in [0, 0.05) is 29.3 Å². The molecule has 0 atom stereocenters. The molecule has 2 heterocycles. The van der Waals surface area contributed by atoms with Gasteiger partial charge in [0.2, 0.25) is 10.0 Å². The first kappa shape index (κ1) is 15.7. The van der Waals surface area contributed by atoms with Crippen LogP contribution in [-0.4, -0.2) is 23.8 Å². The Hall–Kier alpha value is -1.82. The van der Waals surface area contributed by atoms with Gasteiger partial charge >= 0.3 is 0 Å². The molecule has 2 aromatic carbocycles. The summed E-state index contributed by atoms with van der Waals surface area (Å²) in [6.45, 7) is 1.61. The molecule has 3 aromatic rings. The molecule has 1 aromatic heterocycles. The molecule has 4 rings (SSSR count). The molecule has 24 heavy (non-hydrogen) atoms. The van der Waals surface area contributed by atoms with Crippen LogP contribution in [0.4, 0.5) is 0 Å². The topological polar surface area (TPSA) is 42.3 Å². The van der Waals surface area contributed by atoms with Crippen LogP contribution in [0.25, 0.3) is 10.9 Å². The average molecular weight is 361 g/mol. The van der Waals surface area contributed by atoms with Crippen LogP contribution in [0.15, 0.2) is 54.6 Å². The minimum absolute atomic E-state index is 0.00436. The van der Waals surface area contributed by atoms with Gasteiger partial charge in [-0.3, -0.25) is 0 Å². The Labute approximate surface area is 146 Å². The minimum atomic E-state index is -3.35. The van der Waals surface area contributed by atoms with Gasteiger partial charge in [-0.1, -0.05) is 41.9 Å². The Morgan fingerprint density at radius 2 is 1.75 bits per heavy atom. The SMILES string of the molecule is O=S(=O)(Cc1ccc(Cl)cc1)N1CCn2c(cc3ccccc32)C1. The van der Waals surface area contributed by atoms with E-state index in [2.05, 4.69) is 22.8 Å². The zero-order valence-corrected chi connectivity index (χ0v) is 14.6. The van der Waals surface area contributed by atoms with Gasteiger partial charge in [-0.05, 0) is 35.2 Å². The molecule has 124 valence electrons. The summed E-state index contributed by atoms with van der Waals surface area (Å²) < 4.78 is 29.3. The van der Waals surface area contributed by atoms with Crippen molar-refractivity contribution in [1.82, 2.24) is 8.87 Å². The highest BCUT2D eigenvalue weighted by Gasteiger charge is 2.27. The van der Waals surface area contributed by atoms with Crippen LogP contribution in [0, 0.1) is 0 Å². The average Bonchev–Trinajstić information content (AvgIpc) is 2.94. The lowest BCUT2D eigenvalue weighted by atomic mass is 10.2. The molecular formula is C18H17ClN2O2S. The summed E-state index contributed by atoms with van der Waals surface area (Å²) >= 11 is 5.86. The molecule has 0 unspecified atom stereocenters. The van der Waals surface area contributed by atoms with Crippen LogP contribution in [-0.2, 0) is 28.9 Å². The smallest absolute Gasteiger partial charge is 0.218 e. The second-order valence-electron chi connectivity index (χ2n) is 6.06. The molecule has 6 heteroatoms. The first-order valence-corrected chi connectivity index (χ1v) is 9.81. The lowest BCUT2D eigenvalue weighted by Gasteiger charge is -2.28. The Morgan fingerprint density at radius 3 is 2.54 bits per heavy atom. The van der Waals surface area contributed by atoms with Crippen molar-refractivity contribution < 1.29 is 8.42 Å². The van der Waals surface area contributed by atoms with E-state index in [0.29, 0.717) is 24.7 Å². The number of para-hydroxylation sites is 1. The van der Waals surface area contributed by atoms with Crippen molar-refractivity contribution in [2.45, 2.75) is 18.8 Å². The standard InChI is InChI=1S/C18H17ClN2O2S/c19-16-7-5-14(6-8-16)13-24(22,23)20-9-10-21-17(12-20)11-15-3-1-2-4-18(15)21/h1-8,11H,9-10,12-13H2. The molecule has 0 saturated heterocycles. The molecule has 0 amide bonds. The van der Waals surface area contributed by atoms with Crippen LogP contribution in [0.3, 0.4) is 0 Å². The van der Waals surface area contributed by atoms with Crippen molar-refractivity contribution in [2.24, 2.45) is 0 Å². The number of hydrogen-bond donors (Lipinski definition) is 0. The summed E-state index contributed by atoms with van der Waals surface area (Å²) in [6, 6.07) is 17.2. The van der Waals surface area contributed by atoms with Gasteiger partial charge in [-0.15, -0.1) is 0 Å². The van der Waals surface area contributed by atoms with Crippen LogP contribution in [0.2, 0.25) is 5.02 Å². The number of rotatable bonds is 3. The van der Waals surface area contributed by atoms with E-state index in [1.54, 1.807) is 28.6 Å². The predicted molar refractivity (Wildman–Crippen MR) is 96.4 cm³/mol. The second kappa shape index (κ2) is 5.92. The number of halogens is 1. The predicted octanol–water partition coefficient (Wildman–Crippen LogP) is 3.64. The summed E-state index contributed by atoms with van der Waals surface area (Å²) in [7, 11) is -3.35. The number of aromatic nitrogens is 1.